The lowest BCUT2D eigenvalue weighted by atomic mass is 9.98. The van der Waals surface area contributed by atoms with Crippen molar-refractivity contribution in [2.75, 3.05) is 0 Å². The van der Waals surface area contributed by atoms with Gasteiger partial charge in [-0.2, -0.15) is 0 Å². The second-order valence-corrected chi connectivity index (χ2v) is 5.62. The van der Waals surface area contributed by atoms with Crippen molar-refractivity contribution in [1.29, 1.82) is 0 Å². The molecule has 1 heterocycles. The molecule has 0 N–H and O–H groups in total. The van der Waals surface area contributed by atoms with Crippen LogP contribution in [0.4, 0.5) is 0 Å². The molecule has 0 fully saturated rings. The Morgan fingerprint density at radius 1 is 0.714 bits per heavy atom. The topological polar surface area (TPSA) is 12.9 Å². The summed E-state index contributed by atoms with van der Waals surface area (Å²) in [6, 6.07) is 19.3. The minimum Gasteiger partial charge on any atom is -0.256 e. The molecule has 0 saturated heterocycles. The van der Waals surface area contributed by atoms with E-state index >= 15 is 0 Å². The van der Waals surface area contributed by atoms with E-state index in [0.717, 1.165) is 5.69 Å². The zero-order valence-corrected chi connectivity index (χ0v) is 12.7. The van der Waals surface area contributed by atoms with Gasteiger partial charge in [0.15, 0.2) is 0 Å². The molecule has 0 aliphatic carbocycles. The Labute approximate surface area is 126 Å². The molecule has 0 atom stereocenters. The van der Waals surface area contributed by atoms with Crippen LogP contribution in [0.15, 0.2) is 60.8 Å². The summed E-state index contributed by atoms with van der Waals surface area (Å²) in [5.41, 5.74) is 8.54. The van der Waals surface area contributed by atoms with Crippen molar-refractivity contribution in [1.82, 2.24) is 4.98 Å². The number of hydrogen-bond acceptors (Lipinski definition) is 1. The predicted octanol–water partition coefficient (Wildman–Crippen LogP) is 5.34. The van der Waals surface area contributed by atoms with Gasteiger partial charge in [-0.15, -0.1) is 0 Å². The molecule has 3 rings (SSSR count). The van der Waals surface area contributed by atoms with E-state index in [9.17, 15) is 0 Å². The second-order valence-electron chi connectivity index (χ2n) is 5.62. The fourth-order valence-electron chi connectivity index (χ4n) is 2.70. The highest BCUT2D eigenvalue weighted by Crippen LogP contribution is 2.27. The maximum atomic E-state index is 4.52. The van der Waals surface area contributed by atoms with Crippen LogP contribution in [0.1, 0.15) is 16.7 Å². The van der Waals surface area contributed by atoms with Crippen molar-refractivity contribution in [3.8, 4) is 22.4 Å². The molecular formula is C20H19N. The molecule has 0 aliphatic rings. The van der Waals surface area contributed by atoms with Gasteiger partial charge in [0.05, 0.1) is 5.69 Å². The molecule has 104 valence electrons. The molecule has 21 heavy (non-hydrogen) atoms. The van der Waals surface area contributed by atoms with Gasteiger partial charge in [0, 0.05) is 11.8 Å². The minimum atomic E-state index is 1.02. The first-order valence-electron chi connectivity index (χ1n) is 7.24. The normalized spacial score (nSPS) is 10.6. The third-order valence-electron chi connectivity index (χ3n) is 3.77. The van der Waals surface area contributed by atoms with Crippen molar-refractivity contribution < 1.29 is 0 Å². The van der Waals surface area contributed by atoms with Gasteiger partial charge in [-0.3, -0.25) is 4.98 Å². The Hall–Kier alpha value is -2.41. The van der Waals surface area contributed by atoms with Crippen molar-refractivity contribution in [3.05, 3.63) is 77.5 Å². The Morgan fingerprint density at radius 3 is 2.29 bits per heavy atom. The molecule has 0 aliphatic heterocycles. The van der Waals surface area contributed by atoms with Gasteiger partial charge < -0.3 is 0 Å². The molecule has 0 spiro atoms. The molecule has 3 aromatic rings. The average Bonchev–Trinajstić information content (AvgIpc) is 2.47. The number of benzene rings is 2. The van der Waals surface area contributed by atoms with Crippen LogP contribution in [0.3, 0.4) is 0 Å². The molecule has 0 amide bonds. The zero-order chi connectivity index (χ0) is 14.8. The lowest BCUT2D eigenvalue weighted by Crippen LogP contribution is -1.88. The first-order chi connectivity index (χ1) is 10.1. The number of pyridine rings is 1. The fourth-order valence-corrected chi connectivity index (χ4v) is 2.70. The summed E-state index contributed by atoms with van der Waals surface area (Å²) < 4.78 is 0. The molecule has 0 bridgehead atoms. The number of nitrogens with zero attached hydrogens (tertiary/aromatic N) is 1. The van der Waals surface area contributed by atoms with E-state index < -0.39 is 0 Å². The largest absolute Gasteiger partial charge is 0.256 e. The first kappa shape index (κ1) is 13.6. The van der Waals surface area contributed by atoms with Crippen LogP contribution >= 0.6 is 0 Å². The van der Waals surface area contributed by atoms with Crippen LogP contribution in [-0.4, -0.2) is 4.98 Å². The molecule has 2 aromatic carbocycles. The summed E-state index contributed by atoms with van der Waals surface area (Å²) in [5, 5.41) is 0. The Morgan fingerprint density at radius 2 is 1.52 bits per heavy atom. The van der Waals surface area contributed by atoms with Gasteiger partial charge in [-0.1, -0.05) is 47.5 Å². The summed E-state index contributed by atoms with van der Waals surface area (Å²) in [5.74, 6) is 0. The highest BCUT2D eigenvalue weighted by molar-refractivity contribution is 5.72. The summed E-state index contributed by atoms with van der Waals surface area (Å²) >= 11 is 0. The summed E-state index contributed by atoms with van der Waals surface area (Å²) in [7, 11) is 0. The standard InChI is InChI=1S/C20H19N/c1-14-5-4-6-18(12-14)20-13-17(9-10-21-20)19-8-7-15(2)11-16(19)3/h4-13H,1-3H3. The third kappa shape index (κ3) is 2.87. The average molecular weight is 273 g/mol. The minimum absolute atomic E-state index is 1.02. The molecule has 0 radical (unpaired) electrons. The van der Waals surface area contributed by atoms with E-state index in [2.05, 4.69) is 80.4 Å². The molecule has 0 saturated carbocycles. The van der Waals surface area contributed by atoms with Crippen LogP contribution in [-0.2, 0) is 0 Å². The molecular weight excluding hydrogens is 254 g/mol. The van der Waals surface area contributed by atoms with Crippen LogP contribution in [0.25, 0.3) is 22.4 Å². The smallest absolute Gasteiger partial charge is 0.0708 e. The highest BCUT2D eigenvalue weighted by atomic mass is 14.7. The maximum absolute atomic E-state index is 4.52. The van der Waals surface area contributed by atoms with Crippen molar-refractivity contribution in [2.24, 2.45) is 0 Å². The molecule has 0 unspecified atom stereocenters. The quantitative estimate of drug-likeness (QED) is 0.614. The number of aromatic nitrogens is 1. The van der Waals surface area contributed by atoms with Crippen LogP contribution in [0.2, 0.25) is 0 Å². The van der Waals surface area contributed by atoms with Gasteiger partial charge in [-0.05, 0) is 55.7 Å². The number of rotatable bonds is 2. The Bertz CT molecular complexity index is 787. The third-order valence-corrected chi connectivity index (χ3v) is 3.77. The summed E-state index contributed by atoms with van der Waals surface area (Å²) in [6.45, 7) is 6.40. The SMILES string of the molecule is Cc1cccc(-c2cc(-c3ccc(C)cc3C)ccn2)c1. The van der Waals surface area contributed by atoms with E-state index in [-0.39, 0.29) is 0 Å². The van der Waals surface area contributed by atoms with Crippen molar-refractivity contribution in [3.63, 3.8) is 0 Å². The number of aryl methyl sites for hydroxylation is 3. The molecule has 1 nitrogen and oxygen atoms in total. The van der Waals surface area contributed by atoms with E-state index in [1.54, 1.807) is 0 Å². The number of hydrogen-bond donors (Lipinski definition) is 0. The van der Waals surface area contributed by atoms with Crippen LogP contribution < -0.4 is 0 Å². The second kappa shape index (κ2) is 5.53. The molecule has 1 aromatic heterocycles. The van der Waals surface area contributed by atoms with Gasteiger partial charge in [0.2, 0.25) is 0 Å². The highest BCUT2D eigenvalue weighted by Gasteiger charge is 2.05. The first-order valence-corrected chi connectivity index (χ1v) is 7.24. The lowest BCUT2D eigenvalue weighted by Gasteiger charge is -2.09. The Kier molecular flexibility index (Phi) is 3.57. The summed E-state index contributed by atoms with van der Waals surface area (Å²) in [4.78, 5) is 4.52. The van der Waals surface area contributed by atoms with Gasteiger partial charge in [0.1, 0.15) is 0 Å². The van der Waals surface area contributed by atoms with Crippen LogP contribution in [0, 0.1) is 20.8 Å². The predicted molar refractivity (Wildman–Crippen MR) is 89.3 cm³/mol. The summed E-state index contributed by atoms with van der Waals surface area (Å²) in [6.07, 6.45) is 1.90. The monoisotopic (exact) mass is 273 g/mol. The van der Waals surface area contributed by atoms with Gasteiger partial charge in [0.25, 0.3) is 0 Å². The zero-order valence-electron chi connectivity index (χ0n) is 12.7. The van der Waals surface area contributed by atoms with Crippen molar-refractivity contribution >= 4 is 0 Å². The Balaban J connectivity index is 2.08. The van der Waals surface area contributed by atoms with E-state index in [1.807, 2.05) is 6.20 Å². The van der Waals surface area contributed by atoms with Crippen molar-refractivity contribution in [2.45, 2.75) is 20.8 Å². The van der Waals surface area contributed by atoms with E-state index in [1.165, 1.54) is 33.4 Å². The maximum Gasteiger partial charge on any atom is 0.0708 e. The fraction of sp³-hybridized carbons (Fsp3) is 0.150. The van der Waals surface area contributed by atoms with Gasteiger partial charge >= 0.3 is 0 Å². The van der Waals surface area contributed by atoms with Crippen LogP contribution in [0.5, 0.6) is 0 Å². The lowest BCUT2D eigenvalue weighted by molar-refractivity contribution is 1.31. The van der Waals surface area contributed by atoms with E-state index in [0.29, 0.717) is 0 Å². The van der Waals surface area contributed by atoms with E-state index in [4.69, 9.17) is 0 Å². The molecule has 1 heteroatoms. The van der Waals surface area contributed by atoms with Gasteiger partial charge in [-0.25, -0.2) is 0 Å².